The first kappa shape index (κ1) is 27.2. The van der Waals surface area contributed by atoms with Gasteiger partial charge in [0.25, 0.3) is 0 Å². The number of fused-ring (bicyclic) bond motifs is 4. The molecule has 208 valence electrons. The van der Waals surface area contributed by atoms with Crippen LogP contribution in [0.3, 0.4) is 0 Å². The Labute approximate surface area is 248 Å². The summed E-state index contributed by atoms with van der Waals surface area (Å²) in [5, 5.41) is 10.3. The number of phenolic OH excluding ortho intramolecular Hbond substituents is 1. The van der Waals surface area contributed by atoms with E-state index in [0.717, 1.165) is 21.4 Å². The molecule has 3 fully saturated rings. The number of anilines is 1. The minimum atomic E-state index is -1.28. The lowest BCUT2D eigenvalue weighted by atomic mass is 9.51. The Morgan fingerprint density at radius 1 is 1.10 bits per heavy atom. The van der Waals surface area contributed by atoms with Crippen molar-refractivity contribution in [3.05, 3.63) is 62.0 Å². The molecule has 2 saturated heterocycles. The van der Waals surface area contributed by atoms with Crippen molar-refractivity contribution < 1.29 is 33.4 Å². The summed E-state index contributed by atoms with van der Waals surface area (Å²) in [6.45, 7) is 1.75. The number of benzene rings is 2. The third-order valence-corrected chi connectivity index (χ3v) is 10.4. The van der Waals surface area contributed by atoms with Crippen LogP contribution in [0, 0.1) is 38.5 Å². The fourth-order valence-electron chi connectivity index (χ4n) is 7.34. The Hall–Kier alpha value is -2.99. The van der Waals surface area contributed by atoms with Gasteiger partial charge in [0.2, 0.25) is 23.6 Å². The summed E-state index contributed by atoms with van der Waals surface area (Å²) in [7, 11) is 2.90. The van der Waals surface area contributed by atoms with Crippen molar-refractivity contribution in [1.82, 2.24) is 4.90 Å². The number of ether oxygens (including phenoxy) is 1. The summed E-state index contributed by atoms with van der Waals surface area (Å²) in [6.07, 6.45) is 2.49. The molecule has 1 N–H and O–H groups in total. The third-order valence-electron chi connectivity index (χ3n) is 9.26. The van der Waals surface area contributed by atoms with E-state index in [2.05, 4.69) is 0 Å². The van der Waals surface area contributed by atoms with Crippen LogP contribution in [0.5, 0.6) is 11.5 Å². The molecule has 0 unspecified atom stereocenters. The molecule has 2 aliphatic carbocycles. The predicted octanol–water partition coefficient (Wildman–Crippen LogP) is 4.66. The number of phenols is 1. The summed E-state index contributed by atoms with van der Waals surface area (Å²) in [4.78, 5) is 56.9. The van der Waals surface area contributed by atoms with Gasteiger partial charge in [-0.05, 0) is 84.2 Å². The normalized spacial score (nSPS) is 31.2. The zero-order valence-corrected chi connectivity index (χ0v) is 24.7. The Balaban J connectivity index is 1.56. The van der Waals surface area contributed by atoms with Crippen LogP contribution in [0.15, 0.2) is 42.0 Å². The standard InChI is InChI=1S/C29H25ClFIN2O6/c1-29-17(26(37)34(28(29)39)13-4-7-19(31)18(30)10-13)11-16-14(5-6-15-22(16)27(38)33(2)25(15)36)23(29)12-8-20(32)24(35)21(9-12)40-3/h4-5,7-10,15-17,22-23,35H,6,11H2,1-3H3/t15-,16+,17-,22-,23-,29+/m0/s1. The highest BCUT2D eigenvalue weighted by Crippen LogP contribution is 2.64. The number of carbonyl (C=O) groups is 4. The van der Waals surface area contributed by atoms with Crippen molar-refractivity contribution in [3.8, 4) is 11.5 Å². The summed E-state index contributed by atoms with van der Waals surface area (Å²) in [5.41, 5.74) is 0.345. The monoisotopic (exact) mass is 678 g/mol. The largest absolute Gasteiger partial charge is 0.504 e. The molecule has 0 spiro atoms. The first-order chi connectivity index (χ1) is 18.9. The van der Waals surface area contributed by atoms with E-state index < -0.39 is 52.6 Å². The molecule has 8 nitrogen and oxygen atoms in total. The van der Waals surface area contributed by atoms with Crippen LogP contribution >= 0.6 is 34.2 Å². The predicted molar refractivity (Wildman–Crippen MR) is 151 cm³/mol. The number of imide groups is 2. The van der Waals surface area contributed by atoms with E-state index in [1.807, 2.05) is 28.7 Å². The summed E-state index contributed by atoms with van der Waals surface area (Å²) in [6, 6.07) is 7.12. The maximum atomic E-state index is 14.4. The highest BCUT2D eigenvalue weighted by molar-refractivity contribution is 14.1. The van der Waals surface area contributed by atoms with Crippen LogP contribution in [0.2, 0.25) is 5.02 Å². The number of halogens is 3. The summed E-state index contributed by atoms with van der Waals surface area (Å²) >= 11 is 8.01. The van der Waals surface area contributed by atoms with Gasteiger partial charge in [0.1, 0.15) is 5.82 Å². The van der Waals surface area contributed by atoms with Crippen LogP contribution in [0.1, 0.15) is 31.2 Å². The van der Waals surface area contributed by atoms with Crippen LogP contribution < -0.4 is 9.64 Å². The number of hydrogen-bond acceptors (Lipinski definition) is 6. The van der Waals surface area contributed by atoms with E-state index in [4.69, 9.17) is 16.3 Å². The van der Waals surface area contributed by atoms with Crippen LogP contribution in [0.25, 0.3) is 0 Å². The molecule has 0 radical (unpaired) electrons. The van der Waals surface area contributed by atoms with Crippen molar-refractivity contribution >= 4 is 63.5 Å². The molecule has 2 heterocycles. The lowest BCUT2D eigenvalue weighted by Crippen LogP contribution is -2.48. The molecule has 2 aromatic rings. The van der Waals surface area contributed by atoms with Gasteiger partial charge in [0.15, 0.2) is 11.5 Å². The molecule has 1 saturated carbocycles. The van der Waals surface area contributed by atoms with Crippen molar-refractivity contribution in [2.24, 2.45) is 29.1 Å². The number of aromatic hydroxyl groups is 1. The van der Waals surface area contributed by atoms with Crippen molar-refractivity contribution in [2.45, 2.75) is 25.7 Å². The third kappa shape index (κ3) is 3.54. The minimum absolute atomic E-state index is 0.0480. The number of allylic oxidation sites excluding steroid dienone is 2. The van der Waals surface area contributed by atoms with Gasteiger partial charge in [-0.2, -0.15) is 0 Å². The second-order valence-corrected chi connectivity index (χ2v) is 12.6. The number of rotatable bonds is 3. The number of likely N-dealkylation sites (tertiary alicyclic amines) is 1. The smallest absolute Gasteiger partial charge is 0.241 e. The van der Waals surface area contributed by atoms with Crippen molar-refractivity contribution in [3.63, 3.8) is 0 Å². The molecule has 6 rings (SSSR count). The Bertz CT molecular complexity index is 1560. The second-order valence-electron chi connectivity index (χ2n) is 11.0. The quantitative estimate of drug-likeness (QED) is 0.288. The average molecular weight is 679 g/mol. The molecule has 2 aliphatic heterocycles. The molecule has 2 aromatic carbocycles. The fourth-order valence-corrected chi connectivity index (χ4v) is 8.14. The molecule has 11 heteroatoms. The van der Waals surface area contributed by atoms with E-state index in [1.54, 1.807) is 19.1 Å². The maximum Gasteiger partial charge on any atom is 0.241 e. The van der Waals surface area contributed by atoms with Gasteiger partial charge in [0.05, 0.1) is 44.6 Å². The van der Waals surface area contributed by atoms with Crippen LogP contribution in [0.4, 0.5) is 10.1 Å². The minimum Gasteiger partial charge on any atom is -0.504 e. The van der Waals surface area contributed by atoms with Crippen molar-refractivity contribution in [1.29, 1.82) is 0 Å². The zero-order chi connectivity index (χ0) is 28.8. The highest BCUT2D eigenvalue weighted by atomic mass is 127. The van der Waals surface area contributed by atoms with Gasteiger partial charge in [-0.1, -0.05) is 23.3 Å². The molecule has 40 heavy (non-hydrogen) atoms. The highest BCUT2D eigenvalue weighted by Gasteiger charge is 2.67. The van der Waals surface area contributed by atoms with E-state index in [9.17, 15) is 28.7 Å². The van der Waals surface area contributed by atoms with Gasteiger partial charge in [-0.15, -0.1) is 0 Å². The number of carbonyl (C=O) groups excluding carboxylic acids is 4. The van der Waals surface area contributed by atoms with E-state index in [1.165, 1.54) is 26.3 Å². The topological polar surface area (TPSA) is 104 Å². The first-order valence-electron chi connectivity index (χ1n) is 12.8. The summed E-state index contributed by atoms with van der Waals surface area (Å²) < 4.78 is 19.9. The zero-order valence-electron chi connectivity index (χ0n) is 21.8. The van der Waals surface area contributed by atoms with E-state index in [0.29, 0.717) is 15.6 Å². The molecular weight excluding hydrogens is 654 g/mol. The molecule has 6 atom stereocenters. The van der Waals surface area contributed by atoms with Gasteiger partial charge in [0, 0.05) is 13.0 Å². The Morgan fingerprint density at radius 3 is 2.50 bits per heavy atom. The SMILES string of the molecule is COc1cc([C@H]2C3=CC[C@@H]4C(=O)N(C)C(=O)[C@@H]4[C@@H]3C[C@H]3C(=O)N(c4ccc(F)c(Cl)c4)C(=O)[C@@]23C)cc(I)c1O. The van der Waals surface area contributed by atoms with Crippen LogP contribution in [-0.2, 0) is 19.2 Å². The van der Waals surface area contributed by atoms with Gasteiger partial charge >= 0.3 is 0 Å². The summed E-state index contributed by atoms with van der Waals surface area (Å²) in [5.74, 6) is -5.08. The van der Waals surface area contributed by atoms with E-state index in [-0.39, 0.29) is 40.4 Å². The maximum absolute atomic E-state index is 14.4. The molecule has 0 aromatic heterocycles. The van der Waals surface area contributed by atoms with Crippen LogP contribution in [-0.4, -0.2) is 47.8 Å². The fraction of sp³-hybridized carbons (Fsp3) is 0.379. The van der Waals surface area contributed by atoms with E-state index >= 15 is 0 Å². The van der Waals surface area contributed by atoms with Gasteiger partial charge in [-0.25, -0.2) is 9.29 Å². The lowest BCUT2D eigenvalue weighted by Gasteiger charge is -2.49. The lowest BCUT2D eigenvalue weighted by molar-refractivity contribution is -0.138. The molecule has 0 bridgehead atoms. The number of methoxy groups -OCH3 is 1. The number of amides is 4. The van der Waals surface area contributed by atoms with Gasteiger partial charge < -0.3 is 9.84 Å². The Kier molecular flexibility index (Phi) is 6.30. The number of hydrogen-bond donors (Lipinski definition) is 1. The Morgan fingerprint density at radius 2 is 1.82 bits per heavy atom. The molecular formula is C29H25ClFIN2O6. The molecule has 4 amide bonds. The average Bonchev–Trinajstić information content (AvgIpc) is 3.26. The van der Waals surface area contributed by atoms with Crippen molar-refractivity contribution in [2.75, 3.05) is 19.1 Å². The number of nitrogens with zero attached hydrogens (tertiary/aromatic N) is 2. The molecule has 4 aliphatic rings. The first-order valence-corrected chi connectivity index (χ1v) is 14.3. The second kappa shape index (κ2) is 9.27. The van der Waals surface area contributed by atoms with Gasteiger partial charge in [-0.3, -0.25) is 24.1 Å².